The first-order chi connectivity index (χ1) is 17.8. The van der Waals surface area contributed by atoms with Gasteiger partial charge in [0.05, 0.1) is 37.8 Å². The van der Waals surface area contributed by atoms with E-state index in [9.17, 15) is 9.18 Å². The van der Waals surface area contributed by atoms with Crippen molar-refractivity contribution in [3.05, 3.63) is 83.4 Å². The van der Waals surface area contributed by atoms with E-state index >= 15 is 0 Å². The third kappa shape index (κ3) is 5.61. The van der Waals surface area contributed by atoms with Gasteiger partial charge in [-0.1, -0.05) is 26.0 Å². The van der Waals surface area contributed by atoms with Crippen molar-refractivity contribution in [2.45, 2.75) is 33.2 Å². The first-order valence-corrected chi connectivity index (χ1v) is 12.1. The van der Waals surface area contributed by atoms with E-state index in [-0.39, 0.29) is 23.9 Å². The Hall–Kier alpha value is -4.27. The van der Waals surface area contributed by atoms with Crippen LogP contribution in [-0.2, 0) is 18.3 Å². The summed E-state index contributed by atoms with van der Waals surface area (Å²) in [6.45, 7) is 6.31. The summed E-state index contributed by atoms with van der Waals surface area (Å²) in [6.07, 6.45) is 1.70. The normalized spacial score (nSPS) is 11.0. The molecule has 4 rings (SSSR count). The predicted octanol–water partition coefficient (Wildman–Crippen LogP) is 5.66. The van der Waals surface area contributed by atoms with E-state index in [0.717, 1.165) is 17.1 Å². The molecule has 0 aliphatic carbocycles. The highest BCUT2D eigenvalue weighted by Crippen LogP contribution is 2.33. The lowest BCUT2D eigenvalue weighted by Gasteiger charge is -2.25. The molecule has 2 aromatic carbocycles. The molecule has 0 unspecified atom stereocenters. The zero-order valence-electron chi connectivity index (χ0n) is 21.6. The number of benzene rings is 2. The molecule has 0 saturated carbocycles. The molecule has 2 aromatic heterocycles. The number of esters is 1. The fraction of sp³-hybridized carbons (Fsp3) is 0.286. The van der Waals surface area contributed by atoms with Gasteiger partial charge in [0, 0.05) is 18.7 Å². The van der Waals surface area contributed by atoms with Gasteiger partial charge in [-0.3, -0.25) is 9.58 Å². The third-order valence-corrected chi connectivity index (χ3v) is 5.88. The molecule has 9 heteroatoms. The van der Waals surface area contributed by atoms with Gasteiger partial charge in [0.2, 0.25) is 5.95 Å². The minimum Gasteiger partial charge on any atom is -0.497 e. The van der Waals surface area contributed by atoms with Crippen LogP contribution in [0, 0.1) is 5.82 Å². The second-order valence-electron chi connectivity index (χ2n) is 8.76. The molecule has 37 heavy (non-hydrogen) atoms. The number of halogens is 1. The van der Waals surface area contributed by atoms with Crippen LogP contribution in [0.4, 0.5) is 16.2 Å². The first kappa shape index (κ1) is 25.8. The summed E-state index contributed by atoms with van der Waals surface area (Å²) in [5, 5.41) is 4.33. The van der Waals surface area contributed by atoms with E-state index in [2.05, 4.69) is 5.10 Å². The maximum absolute atomic E-state index is 13.8. The lowest BCUT2D eigenvalue weighted by molar-refractivity contribution is 0.0524. The molecule has 2 heterocycles. The molecule has 0 aliphatic heterocycles. The summed E-state index contributed by atoms with van der Waals surface area (Å²) in [5.41, 5.74) is 2.79. The Kier molecular flexibility index (Phi) is 7.81. The number of hydrogen-bond donors (Lipinski definition) is 0. The van der Waals surface area contributed by atoms with Gasteiger partial charge in [0.15, 0.2) is 0 Å². The summed E-state index contributed by atoms with van der Waals surface area (Å²) in [4.78, 5) is 24.8. The third-order valence-electron chi connectivity index (χ3n) is 5.88. The van der Waals surface area contributed by atoms with Crippen LogP contribution in [0.3, 0.4) is 0 Å². The van der Waals surface area contributed by atoms with Crippen molar-refractivity contribution >= 4 is 17.7 Å². The Labute approximate surface area is 215 Å². The van der Waals surface area contributed by atoms with Gasteiger partial charge < -0.3 is 9.47 Å². The highest BCUT2D eigenvalue weighted by atomic mass is 19.1. The minimum absolute atomic E-state index is 0.116. The molecule has 0 atom stereocenters. The SMILES string of the molecule is CCOC(=O)c1c(-c2ccc(F)cc2)nc(N(Cc2ccc(OC)cc2)c2ccnn2C)nc1C(C)C. The standard InChI is InChI=1S/C28H30FN5O3/c1-6-37-27(35)24-25(18(2)3)31-28(32-26(24)20-9-11-21(29)12-10-20)34(23-15-16-30-33(23)4)17-19-7-13-22(36-5)14-8-19/h7-16,18H,6,17H2,1-5H3. The van der Waals surface area contributed by atoms with Gasteiger partial charge in [0.25, 0.3) is 0 Å². The number of anilines is 2. The van der Waals surface area contributed by atoms with E-state index in [1.807, 2.05) is 56.1 Å². The van der Waals surface area contributed by atoms with E-state index in [4.69, 9.17) is 19.4 Å². The number of aromatic nitrogens is 4. The molecular formula is C28H30FN5O3. The number of hydrogen-bond acceptors (Lipinski definition) is 7. The molecule has 0 radical (unpaired) electrons. The number of nitrogens with zero attached hydrogens (tertiary/aromatic N) is 5. The van der Waals surface area contributed by atoms with Crippen LogP contribution >= 0.6 is 0 Å². The minimum atomic E-state index is -0.515. The van der Waals surface area contributed by atoms with Gasteiger partial charge in [-0.05, 0) is 54.8 Å². The van der Waals surface area contributed by atoms with Crippen LogP contribution in [0.1, 0.15) is 48.3 Å². The second-order valence-corrected chi connectivity index (χ2v) is 8.76. The van der Waals surface area contributed by atoms with E-state index in [1.54, 1.807) is 37.0 Å². The van der Waals surface area contributed by atoms with Crippen molar-refractivity contribution in [3.8, 4) is 17.0 Å². The average Bonchev–Trinajstić information content (AvgIpc) is 3.32. The van der Waals surface area contributed by atoms with Crippen LogP contribution < -0.4 is 9.64 Å². The Bertz CT molecular complexity index is 1370. The van der Waals surface area contributed by atoms with Crippen molar-refractivity contribution < 1.29 is 18.7 Å². The zero-order chi connectivity index (χ0) is 26.5. The van der Waals surface area contributed by atoms with Gasteiger partial charge in [0.1, 0.15) is 22.9 Å². The Balaban J connectivity index is 1.94. The summed E-state index contributed by atoms with van der Waals surface area (Å²) in [7, 11) is 3.47. The molecule has 0 bridgehead atoms. The smallest absolute Gasteiger partial charge is 0.342 e. The molecular weight excluding hydrogens is 473 g/mol. The highest BCUT2D eigenvalue weighted by Gasteiger charge is 2.27. The molecule has 4 aromatic rings. The van der Waals surface area contributed by atoms with Crippen LogP contribution in [0.25, 0.3) is 11.3 Å². The summed E-state index contributed by atoms with van der Waals surface area (Å²) in [5.74, 6) is 0.895. The molecule has 0 fully saturated rings. The van der Waals surface area contributed by atoms with Crippen LogP contribution in [0.2, 0.25) is 0 Å². The summed E-state index contributed by atoms with van der Waals surface area (Å²) < 4.78 is 26.2. The number of carbonyl (C=O) groups excluding carboxylic acids is 1. The first-order valence-electron chi connectivity index (χ1n) is 12.1. The van der Waals surface area contributed by atoms with Gasteiger partial charge >= 0.3 is 5.97 Å². The van der Waals surface area contributed by atoms with Crippen molar-refractivity contribution in [2.75, 3.05) is 18.6 Å². The average molecular weight is 504 g/mol. The van der Waals surface area contributed by atoms with E-state index in [1.165, 1.54) is 12.1 Å². The van der Waals surface area contributed by atoms with E-state index < -0.39 is 5.97 Å². The number of rotatable bonds is 9. The molecule has 0 spiro atoms. The number of carbonyl (C=O) groups is 1. The van der Waals surface area contributed by atoms with Crippen LogP contribution in [-0.4, -0.2) is 39.4 Å². The zero-order valence-corrected chi connectivity index (χ0v) is 21.6. The lowest BCUT2D eigenvalue weighted by atomic mass is 9.98. The van der Waals surface area contributed by atoms with E-state index in [0.29, 0.717) is 29.4 Å². The molecule has 0 aliphatic rings. The number of aryl methyl sites for hydroxylation is 1. The Morgan fingerprint density at radius 3 is 2.32 bits per heavy atom. The highest BCUT2D eigenvalue weighted by molar-refractivity contribution is 5.97. The van der Waals surface area contributed by atoms with Crippen molar-refractivity contribution in [1.29, 1.82) is 0 Å². The monoisotopic (exact) mass is 503 g/mol. The maximum atomic E-state index is 13.8. The molecule has 0 amide bonds. The van der Waals surface area contributed by atoms with Crippen molar-refractivity contribution in [1.82, 2.24) is 19.7 Å². The fourth-order valence-corrected chi connectivity index (χ4v) is 4.02. The number of ether oxygens (including phenoxy) is 2. The molecule has 0 saturated heterocycles. The quantitative estimate of drug-likeness (QED) is 0.273. The Morgan fingerprint density at radius 1 is 1.05 bits per heavy atom. The van der Waals surface area contributed by atoms with Crippen LogP contribution in [0.5, 0.6) is 5.75 Å². The lowest BCUT2D eigenvalue weighted by Crippen LogP contribution is -2.24. The predicted molar refractivity (Wildman–Crippen MR) is 140 cm³/mol. The molecule has 0 N–H and O–H groups in total. The van der Waals surface area contributed by atoms with Crippen molar-refractivity contribution in [3.63, 3.8) is 0 Å². The largest absolute Gasteiger partial charge is 0.497 e. The molecule has 8 nitrogen and oxygen atoms in total. The van der Waals surface area contributed by atoms with Gasteiger partial charge in [-0.15, -0.1) is 0 Å². The van der Waals surface area contributed by atoms with Gasteiger partial charge in [-0.2, -0.15) is 5.10 Å². The topological polar surface area (TPSA) is 82.4 Å². The fourth-order valence-electron chi connectivity index (χ4n) is 4.02. The van der Waals surface area contributed by atoms with Crippen LogP contribution in [0.15, 0.2) is 60.8 Å². The number of methoxy groups -OCH3 is 1. The summed E-state index contributed by atoms with van der Waals surface area (Å²) in [6, 6.07) is 15.5. The Morgan fingerprint density at radius 2 is 1.76 bits per heavy atom. The molecule has 192 valence electrons. The maximum Gasteiger partial charge on any atom is 0.342 e. The second kappa shape index (κ2) is 11.2. The van der Waals surface area contributed by atoms with Crippen molar-refractivity contribution in [2.24, 2.45) is 7.05 Å². The summed E-state index contributed by atoms with van der Waals surface area (Å²) >= 11 is 0. The van der Waals surface area contributed by atoms with Gasteiger partial charge in [-0.25, -0.2) is 19.2 Å².